The van der Waals surface area contributed by atoms with Crippen LogP contribution < -0.4 is 32.2 Å². The summed E-state index contributed by atoms with van der Waals surface area (Å²) in [5.74, 6) is -12.0. The number of aromatic amines is 1. The number of hydrogen-bond acceptors (Lipinski definition) is 30. The number of carbonyl (C=O) groups excluding carboxylic acids is 10. The summed E-state index contributed by atoms with van der Waals surface area (Å²) in [6.07, 6.45) is -18.5. The van der Waals surface area contributed by atoms with Crippen molar-refractivity contribution < 1.29 is 136 Å². The monoisotopic (exact) mass is 1520 g/mol. The van der Waals surface area contributed by atoms with Gasteiger partial charge in [-0.2, -0.15) is 0 Å². The molecule has 2 amide bonds. The number of aromatic nitrogens is 1. The maximum atomic E-state index is 15.3. The van der Waals surface area contributed by atoms with Gasteiger partial charge in [0.05, 0.1) is 46.8 Å². The summed E-state index contributed by atoms with van der Waals surface area (Å²) in [7, 11) is -0.708. The molecule has 1 unspecified atom stereocenters. The lowest BCUT2D eigenvalue weighted by molar-refractivity contribution is -0.282. The molecule has 0 bridgehead atoms. The van der Waals surface area contributed by atoms with Crippen molar-refractivity contribution in [1.29, 1.82) is 0 Å². The van der Waals surface area contributed by atoms with Gasteiger partial charge in [0.2, 0.25) is 24.8 Å². The van der Waals surface area contributed by atoms with E-state index in [1.54, 1.807) is 13.0 Å². The minimum Gasteiger partial charge on any atom is -0.497 e. The molecule has 0 saturated carbocycles. The van der Waals surface area contributed by atoms with Crippen molar-refractivity contribution >= 4 is 109 Å². The number of anilines is 1. The predicted molar refractivity (Wildman–Crippen MR) is 367 cm³/mol. The van der Waals surface area contributed by atoms with Gasteiger partial charge in [-0.25, -0.2) is 9.59 Å². The lowest BCUT2D eigenvalue weighted by Gasteiger charge is -2.43. The van der Waals surface area contributed by atoms with Crippen LogP contribution in [0.4, 0.5) is 5.69 Å². The van der Waals surface area contributed by atoms with Crippen LogP contribution in [0.15, 0.2) is 65.8 Å². The van der Waals surface area contributed by atoms with Crippen molar-refractivity contribution in [1.82, 2.24) is 9.88 Å². The highest BCUT2D eigenvalue weighted by molar-refractivity contribution is 7.82. The fourth-order valence-corrected chi connectivity index (χ4v) is 13.2. The van der Waals surface area contributed by atoms with Crippen molar-refractivity contribution in [2.45, 2.75) is 143 Å². The standard InChI is InChI=1S/C69H81ClN6O29S/c1-16-93-50-23-40-21-46(73-45(40)25-51(50)101-67-61(99-38(7)82)57(97-36(5)80)55(95-34(3)78)59(103-67)65(86)91-15)63(84)76-28-41(27-70)53-44-24-42(89-13)18-19-43(44)49(26-47(53)76)104-106(87,88)105-52-22-39(62(83)75(12)30-69(10,11)32-92-31-68(8,9)29-72-74-71)17-20-48(52)100-66-60(98-37(6)81)56(96-35(4)79)54(94-33(2)77)58(102-66)64(85)90-14/h17-26,41,54-61,66-67,73H,16,27-32H2,1-15H3/t41-,54+,55+,56+,57+,58+,59+,60-,61-,66-,67?/m1/s1. The van der Waals surface area contributed by atoms with Crippen LogP contribution >= 0.6 is 11.6 Å². The molecule has 2 saturated heterocycles. The van der Waals surface area contributed by atoms with Gasteiger partial charge < -0.3 is 94.2 Å². The second-order valence-electron chi connectivity index (χ2n) is 26.2. The highest BCUT2D eigenvalue weighted by Gasteiger charge is 2.58. The first-order valence-electron chi connectivity index (χ1n) is 32.7. The van der Waals surface area contributed by atoms with E-state index in [4.69, 9.17) is 96.6 Å². The highest BCUT2D eigenvalue weighted by atomic mass is 35.5. The Morgan fingerprint density at radius 2 is 1.17 bits per heavy atom. The molecule has 3 aliphatic rings. The zero-order valence-electron chi connectivity index (χ0n) is 60.4. The number of hydrogen-bond donors (Lipinski definition) is 1. The molecule has 1 aromatic heterocycles. The number of amides is 2. The van der Waals surface area contributed by atoms with E-state index in [0.29, 0.717) is 16.3 Å². The maximum absolute atomic E-state index is 15.3. The first-order valence-corrected chi connectivity index (χ1v) is 34.6. The summed E-state index contributed by atoms with van der Waals surface area (Å²) in [6, 6.07) is 13.4. The lowest BCUT2D eigenvalue weighted by Crippen LogP contribution is -2.64. The van der Waals surface area contributed by atoms with E-state index in [-0.39, 0.29) is 90.4 Å². The number of alkyl halides is 1. The molecule has 5 aromatic rings. The quantitative estimate of drug-likeness (QED) is 0.0121. The number of fused-ring (bicyclic) bond motifs is 4. The van der Waals surface area contributed by atoms with E-state index in [1.165, 1.54) is 66.4 Å². The Morgan fingerprint density at radius 1 is 0.642 bits per heavy atom. The van der Waals surface area contributed by atoms with Gasteiger partial charge in [-0.3, -0.25) is 38.4 Å². The molecule has 11 atom stereocenters. The van der Waals surface area contributed by atoms with Crippen LogP contribution in [0.25, 0.3) is 32.1 Å². The summed E-state index contributed by atoms with van der Waals surface area (Å²) in [5, 5.41) is 4.43. The Morgan fingerprint density at radius 3 is 1.69 bits per heavy atom. The van der Waals surface area contributed by atoms with E-state index in [9.17, 15) is 43.2 Å². The van der Waals surface area contributed by atoms with Gasteiger partial charge in [-0.15, -0.1) is 20.0 Å². The number of benzene rings is 4. The molecule has 3 aliphatic heterocycles. The Kier molecular flexibility index (Phi) is 26.3. The number of H-pyrrole nitrogens is 1. The number of methoxy groups -OCH3 is 3. The van der Waals surface area contributed by atoms with Crippen molar-refractivity contribution in [3.8, 4) is 34.5 Å². The molecule has 35 nitrogen and oxygen atoms in total. The molecule has 4 heterocycles. The van der Waals surface area contributed by atoms with Crippen molar-refractivity contribution in [2.24, 2.45) is 15.9 Å². The van der Waals surface area contributed by atoms with E-state index in [2.05, 4.69) is 15.0 Å². The number of halogens is 1. The van der Waals surface area contributed by atoms with Crippen LogP contribution in [0, 0.1) is 10.8 Å². The van der Waals surface area contributed by atoms with E-state index < -0.39 is 165 Å². The first kappa shape index (κ1) is 81.3. The Balaban J connectivity index is 1.19. The Bertz CT molecular complexity index is 4370. The maximum Gasteiger partial charge on any atom is 0.501 e. The fraction of sp³-hybridized carbons (Fsp3) is 0.507. The molecule has 0 spiro atoms. The molecule has 8 rings (SSSR count). The number of esters is 8. The predicted octanol–water partition coefficient (Wildman–Crippen LogP) is 7.01. The van der Waals surface area contributed by atoms with Crippen LogP contribution in [0.3, 0.4) is 0 Å². The Hall–Kier alpha value is -10.4. The summed E-state index contributed by atoms with van der Waals surface area (Å²) in [6.45, 7) is 15.4. The first-order chi connectivity index (χ1) is 49.9. The van der Waals surface area contributed by atoms with E-state index in [0.717, 1.165) is 67.9 Å². The average molecular weight is 1530 g/mol. The van der Waals surface area contributed by atoms with Crippen molar-refractivity contribution in [3.63, 3.8) is 0 Å². The molecule has 2 fully saturated rings. The van der Waals surface area contributed by atoms with Crippen molar-refractivity contribution in [3.05, 3.63) is 87.9 Å². The molecule has 0 aliphatic carbocycles. The molecular weight excluding hydrogens is 1440 g/mol. The second-order valence-corrected chi connectivity index (χ2v) is 27.6. The molecule has 0 radical (unpaired) electrons. The zero-order chi connectivity index (χ0) is 78.0. The van der Waals surface area contributed by atoms with Crippen LogP contribution in [0.5, 0.6) is 34.5 Å². The van der Waals surface area contributed by atoms with Gasteiger partial charge in [-0.1, -0.05) is 32.8 Å². The van der Waals surface area contributed by atoms with Gasteiger partial charge in [-0.05, 0) is 77.4 Å². The third-order valence-corrected chi connectivity index (χ3v) is 17.5. The van der Waals surface area contributed by atoms with E-state index in [1.807, 2.05) is 27.7 Å². The van der Waals surface area contributed by atoms with Gasteiger partial charge in [0.1, 0.15) is 11.4 Å². The van der Waals surface area contributed by atoms with Crippen molar-refractivity contribution in [2.75, 3.05) is 78.6 Å². The summed E-state index contributed by atoms with van der Waals surface area (Å²) in [5.41, 5.74) is 8.09. The minimum atomic E-state index is -5.55. The Labute approximate surface area is 612 Å². The van der Waals surface area contributed by atoms with Gasteiger partial charge >= 0.3 is 58.2 Å². The van der Waals surface area contributed by atoms with Gasteiger partial charge in [0, 0.05) is 124 Å². The normalized spacial score (nSPS) is 21.3. The van der Waals surface area contributed by atoms with Crippen LogP contribution in [0.1, 0.15) is 108 Å². The smallest absolute Gasteiger partial charge is 0.497 e. The topological polar surface area (TPSA) is 433 Å². The highest BCUT2D eigenvalue weighted by Crippen LogP contribution is 2.48. The van der Waals surface area contributed by atoms with E-state index >= 15 is 13.2 Å². The number of ether oxygens (including phenoxy) is 15. The average Bonchev–Trinajstić information content (AvgIpc) is 1.54. The number of nitrogens with one attached hydrogen (secondary N) is 1. The van der Waals surface area contributed by atoms with Crippen LogP contribution in [0.2, 0.25) is 0 Å². The summed E-state index contributed by atoms with van der Waals surface area (Å²) >= 11 is 6.73. The number of carbonyl (C=O) groups is 10. The molecule has 37 heteroatoms. The SMILES string of the molecule is CCOc1cc2cc(C(=O)N3C[C@@H](CCl)c4c3cc(OS(=O)(=O)Oc3cc(C(=O)N(C)CC(C)(C)COCC(C)(C)CN=[N+]=[N-])ccc3O[C@@H]3O[C@H](C(=O)OC)[C@@H](OC(C)=O)[C@H](OC(C)=O)[C@H]3OC(C)=O)c3ccc(OC)cc43)[nH]c2cc1OC1O[C@H](C(=O)OC)[C@@H](OC(C)=O)[C@H](OC(C)=O)[C@H]1OC(C)=O. The zero-order valence-corrected chi connectivity index (χ0v) is 62.0. The number of nitrogens with zero attached hydrogens (tertiary/aromatic N) is 5. The van der Waals surface area contributed by atoms with Gasteiger partial charge in [0.25, 0.3) is 11.8 Å². The summed E-state index contributed by atoms with van der Waals surface area (Å²) in [4.78, 5) is 141. The van der Waals surface area contributed by atoms with Crippen LogP contribution in [-0.4, -0.2) is 213 Å². The molecule has 106 heavy (non-hydrogen) atoms. The third kappa shape index (κ3) is 19.6. The molecule has 1 N–H and O–H groups in total. The number of rotatable bonds is 30. The lowest BCUT2D eigenvalue weighted by atomic mass is 9.92. The largest absolute Gasteiger partial charge is 0.501 e. The fourth-order valence-electron chi connectivity index (χ4n) is 12.2. The molecule has 4 aromatic carbocycles. The third-order valence-electron chi connectivity index (χ3n) is 16.4. The van der Waals surface area contributed by atoms with Crippen LogP contribution in [-0.2, 0) is 101 Å². The minimum absolute atomic E-state index is 0.0218. The second kappa shape index (κ2) is 34.2. The van der Waals surface area contributed by atoms with Gasteiger partial charge in [0.15, 0.2) is 65.4 Å². The molecular formula is C69H81ClN6O29S. The number of azide groups is 1. The molecule has 574 valence electrons. The summed E-state index contributed by atoms with van der Waals surface area (Å²) < 4.78 is 127.